The number of amides is 1. The Morgan fingerprint density at radius 2 is 1.95 bits per heavy atom. The number of carbonyl (C=O) groups excluding carboxylic acids is 1. The van der Waals surface area contributed by atoms with Crippen LogP contribution in [0.25, 0.3) is 0 Å². The van der Waals surface area contributed by atoms with Crippen LogP contribution in [0.3, 0.4) is 0 Å². The molecule has 4 N–H and O–H groups in total. The highest BCUT2D eigenvalue weighted by molar-refractivity contribution is 6.05. The fourth-order valence-corrected chi connectivity index (χ4v) is 1.56. The van der Waals surface area contributed by atoms with Crippen molar-refractivity contribution in [2.24, 2.45) is 16.0 Å². The summed E-state index contributed by atoms with van der Waals surface area (Å²) < 4.78 is 1.38. The largest absolute Gasteiger partial charge is 0.411 e. The molecular formula is C13H14ClN5O2. The Bertz CT molecular complexity index is 652. The van der Waals surface area contributed by atoms with E-state index >= 15 is 0 Å². The van der Waals surface area contributed by atoms with Gasteiger partial charge in [-0.25, -0.2) is 4.68 Å². The summed E-state index contributed by atoms with van der Waals surface area (Å²) in [7, 11) is 0. The minimum Gasteiger partial charge on any atom is -0.411 e. The lowest BCUT2D eigenvalue weighted by atomic mass is 10.2. The summed E-state index contributed by atoms with van der Waals surface area (Å²) in [5.74, 6) is -0.418. The molecule has 0 radical (unpaired) electrons. The lowest BCUT2D eigenvalue weighted by Gasteiger charge is -2.05. The zero-order valence-corrected chi connectivity index (χ0v) is 11.7. The van der Waals surface area contributed by atoms with Crippen LogP contribution in [0.1, 0.15) is 16.1 Å². The van der Waals surface area contributed by atoms with Gasteiger partial charge >= 0.3 is 0 Å². The number of nitrogens with two attached hydrogens (primary N) is 1. The van der Waals surface area contributed by atoms with Crippen LogP contribution in [0.2, 0.25) is 0 Å². The summed E-state index contributed by atoms with van der Waals surface area (Å²) in [5, 5.41) is 17.9. The van der Waals surface area contributed by atoms with Gasteiger partial charge in [-0.2, -0.15) is 0 Å². The highest BCUT2D eigenvalue weighted by Crippen LogP contribution is 1.99. The topological polar surface area (TPSA) is 105 Å². The summed E-state index contributed by atoms with van der Waals surface area (Å²) in [6.45, 7) is 0. The van der Waals surface area contributed by atoms with Crippen LogP contribution in [0.4, 0.5) is 0 Å². The Morgan fingerprint density at radius 3 is 2.62 bits per heavy atom. The third-order valence-electron chi connectivity index (χ3n) is 2.44. The van der Waals surface area contributed by atoms with E-state index in [1.807, 2.05) is 6.07 Å². The zero-order chi connectivity index (χ0) is 14.4. The van der Waals surface area contributed by atoms with Gasteiger partial charge in [-0.15, -0.1) is 17.5 Å². The number of rotatable bonds is 3. The van der Waals surface area contributed by atoms with E-state index in [0.717, 1.165) is 0 Å². The highest BCUT2D eigenvalue weighted by atomic mass is 35.5. The van der Waals surface area contributed by atoms with Gasteiger partial charge in [-0.1, -0.05) is 23.4 Å². The predicted octanol–water partition coefficient (Wildman–Crippen LogP) is 1.23. The molecule has 0 aliphatic carbocycles. The highest BCUT2D eigenvalue weighted by Gasteiger charge is 2.06. The number of hydrogen-bond acceptors (Lipinski definition) is 4. The number of benzene rings is 1. The standard InChI is InChI=1S/C13H13N5O2.ClH/c14-13(16-12(19)10-5-2-1-3-6-10)17-18-8-4-7-11(18)9-15-20;/h1-9,20H,(H3,14,16,17,19);1H. The molecule has 21 heavy (non-hydrogen) atoms. The summed E-state index contributed by atoms with van der Waals surface area (Å²) in [6.07, 6.45) is 2.81. The van der Waals surface area contributed by atoms with Gasteiger partial charge in [-0.3, -0.25) is 10.1 Å². The monoisotopic (exact) mass is 307 g/mol. The number of guanidine groups is 1. The van der Waals surface area contributed by atoms with Crippen molar-refractivity contribution < 1.29 is 10.0 Å². The minimum absolute atomic E-state index is 0. The first-order valence-corrected chi connectivity index (χ1v) is 5.76. The Morgan fingerprint density at radius 1 is 1.24 bits per heavy atom. The number of carbonyl (C=O) groups is 1. The first-order chi connectivity index (χ1) is 9.70. The van der Waals surface area contributed by atoms with Gasteiger partial charge in [0.05, 0.1) is 11.9 Å². The normalized spacial score (nSPS) is 11.1. The van der Waals surface area contributed by atoms with Crippen molar-refractivity contribution in [3.05, 3.63) is 59.9 Å². The Kier molecular flexibility index (Phi) is 5.97. The van der Waals surface area contributed by atoms with Crippen molar-refractivity contribution in [1.29, 1.82) is 0 Å². The molecule has 0 atom stereocenters. The van der Waals surface area contributed by atoms with Gasteiger partial charge < -0.3 is 10.9 Å². The molecule has 2 aromatic rings. The van der Waals surface area contributed by atoms with Crippen molar-refractivity contribution in [2.75, 3.05) is 0 Å². The minimum atomic E-state index is -0.351. The van der Waals surface area contributed by atoms with Crippen LogP contribution in [0, 0.1) is 0 Å². The first-order valence-electron chi connectivity index (χ1n) is 5.76. The summed E-state index contributed by atoms with van der Waals surface area (Å²) in [5.41, 5.74) is 6.66. The van der Waals surface area contributed by atoms with E-state index < -0.39 is 0 Å². The van der Waals surface area contributed by atoms with Crippen molar-refractivity contribution in [2.45, 2.75) is 0 Å². The van der Waals surface area contributed by atoms with Gasteiger partial charge in [0.2, 0.25) is 5.96 Å². The molecule has 1 aromatic heterocycles. The Labute approximate surface area is 127 Å². The molecule has 1 amide bonds. The maximum atomic E-state index is 11.8. The molecule has 0 unspecified atom stereocenters. The van der Waals surface area contributed by atoms with Gasteiger partial charge in [0.25, 0.3) is 5.91 Å². The molecule has 2 rings (SSSR count). The number of oxime groups is 1. The average Bonchev–Trinajstić information content (AvgIpc) is 2.87. The van der Waals surface area contributed by atoms with Crippen LogP contribution in [0.5, 0.6) is 0 Å². The predicted molar refractivity (Wildman–Crippen MR) is 82.0 cm³/mol. The van der Waals surface area contributed by atoms with Crippen molar-refractivity contribution in [3.63, 3.8) is 0 Å². The van der Waals surface area contributed by atoms with Crippen molar-refractivity contribution in [1.82, 2.24) is 9.99 Å². The molecule has 0 spiro atoms. The van der Waals surface area contributed by atoms with Crippen LogP contribution in [-0.4, -0.2) is 28.0 Å². The number of nitrogens with one attached hydrogen (secondary N) is 1. The average molecular weight is 308 g/mol. The van der Waals surface area contributed by atoms with Gasteiger partial charge in [0.1, 0.15) is 0 Å². The van der Waals surface area contributed by atoms with Crippen molar-refractivity contribution >= 4 is 30.5 Å². The Hall–Kier alpha value is -2.80. The van der Waals surface area contributed by atoms with Gasteiger partial charge in [-0.05, 0) is 24.3 Å². The molecule has 0 bridgehead atoms. The van der Waals surface area contributed by atoms with E-state index in [0.29, 0.717) is 11.3 Å². The van der Waals surface area contributed by atoms with Gasteiger partial charge in [0.15, 0.2) is 0 Å². The summed E-state index contributed by atoms with van der Waals surface area (Å²) >= 11 is 0. The molecule has 8 heteroatoms. The van der Waals surface area contributed by atoms with Gasteiger partial charge in [0, 0.05) is 11.8 Å². The summed E-state index contributed by atoms with van der Waals surface area (Å²) in [6, 6.07) is 12.0. The molecule has 0 fully saturated rings. The van der Waals surface area contributed by atoms with Crippen LogP contribution >= 0.6 is 12.4 Å². The number of aromatic nitrogens is 1. The van der Waals surface area contributed by atoms with Crippen LogP contribution < -0.4 is 11.1 Å². The van der Waals surface area contributed by atoms with Crippen LogP contribution in [0.15, 0.2) is 58.9 Å². The molecule has 1 heterocycles. The molecule has 0 saturated carbocycles. The number of halogens is 1. The van der Waals surface area contributed by atoms with E-state index in [4.69, 9.17) is 10.9 Å². The number of hydrogen-bond donors (Lipinski definition) is 3. The molecule has 110 valence electrons. The molecular weight excluding hydrogens is 294 g/mol. The second-order valence-electron chi connectivity index (χ2n) is 3.83. The molecule has 0 aliphatic rings. The molecule has 7 nitrogen and oxygen atoms in total. The SMILES string of the molecule is Cl.NC(=Nn1cccc1C=NO)NC(=O)c1ccccc1. The van der Waals surface area contributed by atoms with E-state index in [-0.39, 0.29) is 24.3 Å². The Balaban J connectivity index is 0.00000220. The fraction of sp³-hybridized carbons (Fsp3) is 0. The van der Waals surface area contributed by atoms with E-state index in [9.17, 15) is 4.79 Å². The second-order valence-corrected chi connectivity index (χ2v) is 3.83. The van der Waals surface area contributed by atoms with Crippen molar-refractivity contribution in [3.8, 4) is 0 Å². The van der Waals surface area contributed by atoms with E-state index in [1.54, 1.807) is 42.6 Å². The second kappa shape index (κ2) is 7.71. The van der Waals surface area contributed by atoms with Crippen LogP contribution in [-0.2, 0) is 0 Å². The molecule has 0 saturated heterocycles. The third-order valence-corrected chi connectivity index (χ3v) is 2.44. The smallest absolute Gasteiger partial charge is 0.257 e. The first kappa shape index (κ1) is 16.3. The lowest BCUT2D eigenvalue weighted by Crippen LogP contribution is -2.37. The zero-order valence-electron chi connectivity index (χ0n) is 10.9. The third kappa shape index (κ3) is 4.36. The van der Waals surface area contributed by atoms with E-state index in [2.05, 4.69) is 15.6 Å². The number of nitrogens with zero attached hydrogens (tertiary/aromatic N) is 3. The summed E-state index contributed by atoms with van der Waals surface area (Å²) in [4.78, 5) is 11.8. The molecule has 0 aliphatic heterocycles. The maximum Gasteiger partial charge on any atom is 0.257 e. The maximum absolute atomic E-state index is 11.8. The quantitative estimate of drug-likeness (QED) is 0.344. The fourth-order valence-electron chi connectivity index (χ4n) is 1.56. The lowest BCUT2D eigenvalue weighted by molar-refractivity contribution is 0.0976. The van der Waals surface area contributed by atoms with E-state index in [1.165, 1.54) is 10.9 Å². The molecule has 1 aromatic carbocycles.